The molecule has 0 aliphatic heterocycles. The molecule has 0 amide bonds. The molecular formula is C32H42O5. The van der Waals surface area contributed by atoms with Crippen molar-refractivity contribution in [3.8, 4) is 17.2 Å². The van der Waals surface area contributed by atoms with Crippen LogP contribution in [0.25, 0.3) is 12.2 Å². The summed E-state index contributed by atoms with van der Waals surface area (Å²) in [4.78, 5) is 10.3. The number of rotatable bonds is 15. The molecule has 0 aliphatic carbocycles. The molecule has 0 saturated carbocycles. The molecule has 2 aromatic rings. The molecule has 0 unspecified atom stereocenters. The molecular weight excluding hydrogens is 464 g/mol. The minimum Gasteiger partial charge on any atom is -0.508 e. The first kappa shape index (κ1) is 31.3. The maximum atomic E-state index is 10.3. The van der Waals surface area contributed by atoms with Crippen LogP contribution in [0, 0.1) is 0 Å². The Balaban J connectivity index is 0.000000373. The lowest BCUT2D eigenvalue weighted by Crippen LogP contribution is -1.93. The first-order chi connectivity index (χ1) is 17.9. The van der Waals surface area contributed by atoms with Crippen molar-refractivity contribution in [1.82, 2.24) is 0 Å². The van der Waals surface area contributed by atoms with Crippen LogP contribution in [-0.2, 0) is 4.79 Å². The van der Waals surface area contributed by atoms with E-state index in [1.807, 2.05) is 6.08 Å². The fourth-order valence-electron chi connectivity index (χ4n) is 3.39. The maximum Gasteiger partial charge on any atom is 0.303 e. The highest BCUT2D eigenvalue weighted by molar-refractivity contribution is 5.71. The Morgan fingerprint density at radius 2 is 1.19 bits per heavy atom. The summed E-state index contributed by atoms with van der Waals surface area (Å²) in [6.07, 6.45) is 27.0. The second-order valence-electron chi connectivity index (χ2n) is 8.70. The maximum absolute atomic E-state index is 10.3. The number of carboxylic acid groups (broad SMARTS) is 1. The first-order valence-electron chi connectivity index (χ1n) is 13.1. The van der Waals surface area contributed by atoms with Crippen molar-refractivity contribution in [2.24, 2.45) is 0 Å². The number of unbranched alkanes of at least 4 members (excludes halogenated alkanes) is 5. The molecule has 2 aromatic carbocycles. The predicted octanol–water partition coefficient (Wildman–Crippen LogP) is 8.63. The summed E-state index contributed by atoms with van der Waals surface area (Å²) in [6, 6.07) is 11.1. The van der Waals surface area contributed by atoms with E-state index in [1.165, 1.54) is 18.9 Å². The lowest BCUT2D eigenvalue weighted by molar-refractivity contribution is -0.137. The summed E-state index contributed by atoms with van der Waals surface area (Å²) in [6.45, 7) is 2.15. The Hall–Kier alpha value is -3.73. The van der Waals surface area contributed by atoms with Gasteiger partial charge in [0.05, 0.1) is 0 Å². The third-order valence-electron chi connectivity index (χ3n) is 5.33. The smallest absolute Gasteiger partial charge is 0.303 e. The van der Waals surface area contributed by atoms with Gasteiger partial charge in [-0.05, 0) is 73.9 Å². The molecule has 0 heterocycles. The second-order valence-corrected chi connectivity index (χ2v) is 8.70. The van der Waals surface area contributed by atoms with E-state index >= 15 is 0 Å². The molecule has 0 aliphatic rings. The Kier molecular flexibility index (Phi) is 17.3. The van der Waals surface area contributed by atoms with Gasteiger partial charge in [0.1, 0.15) is 17.2 Å². The van der Waals surface area contributed by atoms with Gasteiger partial charge in [-0.3, -0.25) is 4.79 Å². The Bertz CT molecular complexity index is 980. The number of phenols is 3. The standard InChI is InChI=1S/C18H30O2.C14H12O3/c1-2-3-4-5-6-7-8-9-10-11-12-13-14-15-16-17-18(19)20;15-12-5-3-10(4-6-12)1-2-11-7-13(16)9-14(17)8-11/h3-4,6-7,9-10H,2,5,8,11-17H2,1H3,(H,19,20);1-9,15-17H/b4-3-,7-6-,10-9-;2-1+. The molecule has 5 heteroatoms. The van der Waals surface area contributed by atoms with Gasteiger partial charge in [0.25, 0.3) is 0 Å². The van der Waals surface area contributed by atoms with Crippen molar-refractivity contribution >= 4 is 18.1 Å². The Morgan fingerprint density at radius 1 is 0.649 bits per heavy atom. The van der Waals surface area contributed by atoms with Crippen molar-refractivity contribution in [2.45, 2.75) is 71.1 Å². The number of benzene rings is 2. The number of hydrogen-bond donors (Lipinski definition) is 4. The molecule has 0 atom stereocenters. The third-order valence-corrected chi connectivity index (χ3v) is 5.33. The van der Waals surface area contributed by atoms with Gasteiger partial charge in [0, 0.05) is 12.5 Å². The fraction of sp³-hybridized carbons (Fsp3) is 0.344. The average molecular weight is 507 g/mol. The Labute approximate surface area is 221 Å². The van der Waals surface area contributed by atoms with E-state index in [-0.39, 0.29) is 17.2 Å². The highest BCUT2D eigenvalue weighted by Gasteiger charge is 1.97. The lowest BCUT2D eigenvalue weighted by atomic mass is 10.1. The quantitative estimate of drug-likeness (QED) is 0.110. The van der Waals surface area contributed by atoms with Crippen LogP contribution < -0.4 is 0 Å². The highest BCUT2D eigenvalue weighted by Crippen LogP contribution is 2.22. The summed E-state index contributed by atoms with van der Waals surface area (Å²) in [5.41, 5.74) is 1.63. The zero-order valence-corrected chi connectivity index (χ0v) is 21.9. The molecule has 4 N–H and O–H groups in total. The molecule has 200 valence electrons. The first-order valence-corrected chi connectivity index (χ1v) is 13.1. The van der Waals surface area contributed by atoms with E-state index in [2.05, 4.69) is 43.4 Å². The van der Waals surface area contributed by atoms with Crippen LogP contribution in [0.15, 0.2) is 78.9 Å². The monoisotopic (exact) mass is 506 g/mol. The number of carbonyl (C=O) groups is 1. The predicted molar refractivity (Wildman–Crippen MR) is 154 cm³/mol. The van der Waals surface area contributed by atoms with E-state index in [1.54, 1.807) is 42.5 Å². The fourth-order valence-corrected chi connectivity index (χ4v) is 3.39. The number of aromatic hydroxyl groups is 3. The molecule has 0 spiro atoms. The molecule has 37 heavy (non-hydrogen) atoms. The number of carboxylic acids is 1. The van der Waals surface area contributed by atoms with Gasteiger partial charge < -0.3 is 20.4 Å². The van der Waals surface area contributed by atoms with Crippen LogP contribution in [0.4, 0.5) is 0 Å². The summed E-state index contributed by atoms with van der Waals surface area (Å²) < 4.78 is 0. The molecule has 0 bridgehead atoms. The van der Waals surface area contributed by atoms with Crippen LogP contribution in [0.2, 0.25) is 0 Å². The van der Waals surface area contributed by atoms with E-state index < -0.39 is 5.97 Å². The number of aliphatic carboxylic acids is 1. The van der Waals surface area contributed by atoms with Crippen LogP contribution in [0.5, 0.6) is 17.2 Å². The highest BCUT2D eigenvalue weighted by atomic mass is 16.4. The van der Waals surface area contributed by atoms with Gasteiger partial charge >= 0.3 is 5.97 Å². The Morgan fingerprint density at radius 3 is 1.81 bits per heavy atom. The molecule has 0 fully saturated rings. The normalized spacial score (nSPS) is 11.5. The summed E-state index contributed by atoms with van der Waals surface area (Å²) in [7, 11) is 0. The average Bonchev–Trinajstić information content (AvgIpc) is 2.86. The van der Waals surface area contributed by atoms with Crippen LogP contribution >= 0.6 is 0 Å². The van der Waals surface area contributed by atoms with E-state index in [9.17, 15) is 15.0 Å². The topological polar surface area (TPSA) is 98.0 Å². The zero-order chi connectivity index (χ0) is 27.1. The molecule has 0 radical (unpaired) electrons. The van der Waals surface area contributed by atoms with E-state index in [0.29, 0.717) is 12.0 Å². The van der Waals surface area contributed by atoms with Crippen molar-refractivity contribution in [1.29, 1.82) is 0 Å². The van der Waals surface area contributed by atoms with Gasteiger partial charge in [-0.1, -0.05) is 86.9 Å². The van der Waals surface area contributed by atoms with Crippen molar-refractivity contribution in [3.05, 3.63) is 90.0 Å². The molecule has 2 rings (SSSR count). The van der Waals surface area contributed by atoms with E-state index in [4.69, 9.17) is 10.2 Å². The van der Waals surface area contributed by atoms with Crippen molar-refractivity contribution in [3.63, 3.8) is 0 Å². The van der Waals surface area contributed by atoms with Gasteiger partial charge in [-0.15, -0.1) is 0 Å². The largest absolute Gasteiger partial charge is 0.508 e. The van der Waals surface area contributed by atoms with Gasteiger partial charge in [-0.2, -0.15) is 0 Å². The SMILES string of the molecule is CC/C=C\C/C=C\C/C=C\CCCCCCCC(=O)O.Oc1ccc(/C=C/c2cc(O)cc(O)c2)cc1. The van der Waals surface area contributed by atoms with Crippen molar-refractivity contribution < 1.29 is 25.2 Å². The summed E-state index contributed by atoms with van der Waals surface area (Å²) in [5, 5.41) is 36.2. The van der Waals surface area contributed by atoms with Crippen LogP contribution in [0.3, 0.4) is 0 Å². The minimum atomic E-state index is -0.675. The van der Waals surface area contributed by atoms with Crippen molar-refractivity contribution in [2.75, 3.05) is 0 Å². The van der Waals surface area contributed by atoms with Gasteiger partial charge in [-0.25, -0.2) is 0 Å². The zero-order valence-electron chi connectivity index (χ0n) is 21.9. The van der Waals surface area contributed by atoms with Crippen LogP contribution in [-0.4, -0.2) is 26.4 Å². The molecule has 5 nitrogen and oxygen atoms in total. The lowest BCUT2D eigenvalue weighted by Gasteiger charge is -1.98. The second kappa shape index (κ2) is 20.5. The molecule has 0 aromatic heterocycles. The van der Waals surface area contributed by atoms with Crippen LogP contribution in [0.1, 0.15) is 82.3 Å². The minimum absolute atomic E-state index is 0.0235. The summed E-state index contributed by atoms with van der Waals surface area (Å²) in [5.74, 6) is -0.408. The summed E-state index contributed by atoms with van der Waals surface area (Å²) >= 11 is 0. The number of hydrogen-bond acceptors (Lipinski definition) is 4. The van der Waals surface area contributed by atoms with E-state index in [0.717, 1.165) is 50.5 Å². The molecule has 0 saturated heterocycles. The number of phenolic OH excluding ortho intramolecular Hbond substituents is 3. The third kappa shape index (κ3) is 18.2. The number of allylic oxidation sites excluding steroid dienone is 6. The van der Waals surface area contributed by atoms with Gasteiger partial charge in [0.2, 0.25) is 0 Å². The van der Waals surface area contributed by atoms with Gasteiger partial charge in [0.15, 0.2) is 0 Å².